The smallest absolute Gasteiger partial charge is 0.271 e. The molecule has 0 radical (unpaired) electrons. The van der Waals surface area contributed by atoms with Crippen molar-refractivity contribution >= 4 is 34.3 Å². The molecule has 2 amide bonds. The number of aromatic nitrogens is 1. The molecule has 3 unspecified atom stereocenters. The van der Waals surface area contributed by atoms with E-state index in [1.807, 2.05) is 42.5 Å². The van der Waals surface area contributed by atoms with Gasteiger partial charge in [0.2, 0.25) is 5.91 Å². The van der Waals surface area contributed by atoms with E-state index in [1.165, 1.54) is 4.90 Å². The number of H-pyrrole nitrogens is 1. The van der Waals surface area contributed by atoms with Crippen molar-refractivity contribution in [2.45, 2.75) is 64.1 Å². The summed E-state index contributed by atoms with van der Waals surface area (Å²) < 4.78 is 5.44. The molecule has 1 saturated carbocycles. The third-order valence-corrected chi connectivity index (χ3v) is 7.84. The number of rotatable bonds is 8. The van der Waals surface area contributed by atoms with Gasteiger partial charge < -0.3 is 19.9 Å². The number of aromatic amines is 1. The average molecular weight is 516 g/mol. The first kappa shape index (κ1) is 25.7. The Morgan fingerprint density at radius 1 is 1.13 bits per heavy atom. The summed E-state index contributed by atoms with van der Waals surface area (Å²) in [6, 6.07) is 13.1. The lowest BCUT2D eigenvalue weighted by Crippen LogP contribution is -2.48. The number of amides is 2. The summed E-state index contributed by atoms with van der Waals surface area (Å²) in [6.07, 6.45) is 3.66. The zero-order valence-corrected chi connectivity index (χ0v) is 21.8. The molecule has 1 aliphatic carbocycles. The van der Waals surface area contributed by atoms with Crippen LogP contribution in [0.2, 0.25) is 0 Å². The monoisotopic (exact) mass is 515 g/mol. The molecule has 8 heteroatoms. The molecule has 2 N–H and O–H groups in total. The first-order valence-corrected chi connectivity index (χ1v) is 13.3. The molecule has 3 aromatic rings. The van der Waals surface area contributed by atoms with Gasteiger partial charge in [0.05, 0.1) is 13.2 Å². The number of carbonyl (C=O) groups is 4. The molecule has 1 fully saturated rings. The van der Waals surface area contributed by atoms with Gasteiger partial charge in [0.25, 0.3) is 5.91 Å². The number of ketones is 2. The highest BCUT2D eigenvalue weighted by Crippen LogP contribution is 2.36. The predicted octanol–water partition coefficient (Wildman–Crippen LogP) is 4.49. The van der Waals surface area contributed by atoms with Crippen LogP contribution in [0.1, 0.15) is 73.1 Å². The number of carbonyl (C=O) groups excluding carboxylic acids is 4. The molecule has 198 valence electrons. The van der Waals surface area contributed by atoms with Crippen molar-refractivity contribution in [2.75, 3.05) is 7.11 Å². The van der Waals surface area contributed by atoms with E-state index in [-0.39, 0.29) is 36.4 Å². The van der Waals surface area contributed by atoms with Crippen LogP contribution < -0.4 is 10.1 Å². The molecule has 1 aliphatic heterocycles. The zero-order chi connectivity index (χ0) is 26.8. The maximum atomic E-state index is 13.8. The van der Waals surface area contributed by atoms with Crippen LogP contribution in [0, 0.1) is 5.92 Å². The highest BCUT2D eigenvalue weighted by molar-refractivity contribution is 6.02. The lowest BCUT2D eigenvalue weighted by atomic mass is 9.82. The largest absolute Gasteiger partial charge is 0.496 e. The molecule has 8 nitrogen and oxygen atoms in total. The van der Waals surface area contributed by atoms with E-state index in [4.69, 9.17) is 4.74 Å². The van der Waals surface area contributed by atoms with Crippen LogP contribution in [-0.2, 0) is 20.9 Å². The third-order valence-electron chi connectivity index (χ3n) is 7.84. The third kappa shape index (κ3) is 4.83. The summed E-state index contributed by atoms with van der Waals surface area (Å²) in [5, 5.41) is 3.71. The number of hydrogen-bond acceptors (Lipinski definition) is 5. The average Bonchev–Trinajstić information content (AvgIpc) is 3.55. The van der Waals surface area contributed by atoms with E-state index in [2.05, 4.69) is 10.3 Å². The van der Waals surface area contributed by atoms with Gasteiger partial charge in [-0.1, -0.05) is 43.7 Å². The van der Waals surface area contributed by atoms with Gasteiger partial charge in [-0.25, -0.2) is 0 Å². The second-order valence-electron chi connectivity index (χ2n) is 10.2. The van der Waals surface area contributed by atoms with E-state index < -0.39 is 18.0 Å². The Morgan fingerprint density at radius 2 is 1.95 bits per heavy atom. The number of benzene rings is 2. The van der Waals surface area contributed by atoms with E-state index in [1.54, 1.807) is 20.1 Å². The maximum Gasteiger partial charge on any atom is 0.271 e. The number of Topliss-reactive ketones (excluding diaryl/α,β-unsaturated/α-hetero) is 2. The zero-order valence-electron chi connectivity index (χ0n) is 21.8. The molecule has 5 rings (SSSR count). The van der Waals surface area contributed by atoms with Crippen LogP contribution in [0.4, 0.5) is 0 Å². The molecule has 1 aromatic heterocycles. The minimum atomic E-state index is -0.888. The molecule has 3 atom stereocenters. The predicted molar refractivity (Wildman–Crippen MR) is 143 cm³/mol. The number of nitrogens with zero attached hydrogens (tertiary/aromatic N) is 1. The van der Waals surface area contributed by atoms with Crippen LogP contribution in [0.5, 0.6) is 5.75 Å². The number of nitrogens with one attached hydrogen (secondary N) is 2. The molecule has 2 aliphatic rings. The molecule has 0 bridgehead atoms. The lowest BCUT2D eigenvalue weighted by Gasteiger charge is -2.29. The van der Waals surface area contributed by atoms with Crippen LogP contribution >= 0.6 is 0 Å². The standard InChI is InChI=1S/C30H33N3O5/c1-3-25(34)23(15-18-9-5-7-13-26(18)35)32-29(36)28-20-11-6-4-10-19(20)17-33(28)30(37)24-16-21-22(31-24)12-8-14-27(21)38-2/h4,6,8,10-12,14,16,18,23,28,31H,3,5,7,9,13,15,17H2,1-2H3,(H,32,36). The molecule has 38 heavy (non-hydrogen) atoms. The lowest BCUT2D eigenvalue weighted by molar-refractivity contribution is -0.132. The fraction of sp³-hybridized carbons (Fsp3) is 0.400. The number of ether oxygens (including phenoxy) is 1. The number of hydrogen-bond donors (Lipinski definition) is 2. The Hall–Kier alpha value is -3.94. The van der Waals surface area contributed by atoms with Gasteiger partial charge in [-0.05, 0) is 48.6 Å². The van der Waals surface area contributed by atoms with Gasteiger partial charge in [-0.2, -0.15) is 0 Å². The van der Waals surface area contributed by atoms with Crippen molar-refractivity contribution in [2.24, 2.45) is 5.92 Å². The summed E-state index contributed by atoms with van der Waals surface area (Å²) >= 11 is 0. The quantitative estimate of drug-likeness (QED) is 0.460. The summed E-state index contributed by atoms with van der Waals surface area (Å²) in [4.78, 5) is 57.6. The molecule has 0 saturated heterocycles. The Balaban J connectivity index is 1.43. The minimum Gasteiger partial charge on any atom is -0.496 e. The van der Waals surface area contributed by atoms with Crippen molar-refractivity contribution in [3.8, 4) is 5.75 Å². The number of fused-ring (bicyclic) bond motifs is 2. The van der Waals surface area contributed by atoms with E-state index in [9.17, 15) is 19.2 Å². The Morgan fingerprint density at radius 3 is 2.71 bits per heavy atom. The van der Waals surface area contributed by atoms with Crippen LogP contribution in [-0.4, -0.2) is 46.4 Å². The van der Waals surface area contributed by atoms with Gasteiger partial charge in [-0.3, -0.25) is 19.2 Å². The second-order valence-corrected chi connectivity index (χ2v) is 10.2. The van der Waals surface area contributed by atoms with Gasteiger partial charge >= 0.3 is 0 Å². The van der Waals surface area contributed by atoms with Crippen LogP contribution in [0.3, 0.4) is 0 Å². The number of methoxy groups -OCH3 is 1. The summed E-state index contributed by atoms with van der Waals surface area (Å²) in [5.41, 5.74) is 2.74. The van der Waals surface area contributed by atoms with Crippen molar-refractivity contribution < 1.29 is 23.9 Å². The Kier molecular flexibility index (Phi) is 7.31. The van der Waals surface area contributed by atoms with Crippen molar-refractivity contribution in [3.63, 3.8) is 0 Å². The maximum absolute atomic E-state index is 13.8. The fourth-order valence-corrected chi connectivity index (χ4v) is 5.79. The Bertz CT molecular complexity index is 1390. The SMILES string of the molecule is CCC(=O)C(CC1CCCCC1=O)NC(=O)C1c2ccccc2CN1C(=O)c1cc2c(OC)cccc2[nH]1. The van der Waals surface area contributed by atoms with Gasteiger partial charge in [0.15, 0.2) is 5.78 Å². The Labute approximate surface area is 221 Å². The first-order chi connectivity index (χ1) is 18.4. The molecular formula is C30H33N3O5. The molecular weight excluding hydrogens is 482 g/mol. The van der Waals surface area contributed by atoms with E-state index in [0.717, 1.165) is 41.3 Å². The highest BCUT2D eigenvalue weighted by Gasteiger charge is 2.41. The normalized spacial score (nSPS) is 19.7. The van der Waals surface area contributed by atoms with Crippen LogP contribution in [0.15, 0.2) is 48.5 Å². The van der Waals surface area contributed by atoms with Gasteiger partial charge in [0, 0.05) is 36.2 Å². The second kappa shape index (κ2) is 10.8. The topological polar surface area (TPSA) is 109 Å². The molecule has 0 spiro atoms. The highest BCUT2D eigenvalue weighted by atomic mass is 16.5. The minimum absolute atomic E-state index is 0.108. The van der Waals surface area contributed by atoms with Crippen LogP contribution in [0.25, 0.3) is 10.9 Å². The first-order valence-electron chi connectivity index (χ1n) is 13.3. The summed E-state index contributed by atoms with van der Waals surface area (Å²) in [6.45, 7) is 2.03. The van der Waals surface area contributed by atoms with Crippen molar-refractivity contribution in [1.29, 1.82) is 0 Å². The van der Waals surface area contributed by atoms with E-state index >= 15 is 0 Å². The van der Waals surface area contributed by atoms with E-state index in [0.29, 0.717) is 24.3 Å². The van der Waals surface area contributed by atoms with Gasteiger partial charge in [-0.15, -0.1) is 0 Å². The molecule has 2 aromatic carbocycles. The summed E-state index contributed by atoms with van der Waals surface area (Å²) in [7, 11) is 1.58. The molecule has 2 heterocycles. The van der Waals surface area contributed by atoms with Gasteiger partial charge in [0.1, 0.15) is 23.3 Å². The van der Waals surface area contributed by atoms with Crippen molar-refractivity contribution in [3.05, 3.63) is 65.4 Å². The fourth-order valence-electron chi connectivity index (χ4n) is 5.79. The summed E-state index contributed by atoms with van der Waals surface area (Å²) in [5.74, 6) is -0.248. The van der Waals surface area contributed by atoms with Crippen molar-refractivity contribution in [1.82, 2.24) is 15.2 Å².